The first-order valence-electron chi connectivity index (χ1n) is 9.03. The highest BCUT2D eigenvalue weighted by Crippen LogP contribution is 2.30. The molecule has 0 fully saturated rings. The normalized spacial score (nSPS) is 12.1. The number of benzene rings is 2. The number of carbonyl (C=O) groups excluding carboxylic acids is 1. The van der Waals surface area contributed by atoms with Gasteiger partial charge in [0.25, 0.3) is 5.91 Å². The minimum absolute atomic E-state index is 0.206. The molecule has 2 aromatic carbocycles. The van der Waals surface area contributed by atoms with Gasteiger partial charge in [-0.05, 0) is 42.5 Å². The van der Waals surface area contributed by atoms with Gasteiger partial charge < -0.3 is 9.47 Å². The van der Waals surface area contributed by atoms with E-state index in [1.54, 1.807) is 30.5 Å². The summed E-state index contributed by atoms with van der Waals surface area (Å²) in [7, 11) is -0.0275. The average molecular weight is 499 g/mol. The third kappa shape index (κ3) is 5.72. The minimum Gasteiger partial charge on any atom is -0.493 e. The van der Waals surface area contributed by atoms with Crippen molar-refractivity contribution in [3.8, 4) is 23.3 Å². The lowest BCUT2D eigenvalue weighted by atomic mass is 10.2. The van der Waals surface area contributed by atoms with Crippen LogP contribution in [0.15, 0.2) is 74.7 Å². The standard InChI is InChI=1S/C23H19BrN2O4S/c1-29-21-11-10-20(13-22(21)30-2)31(3,28)26-23(27)18-12-17(14-25-15-18)5-4-16-6-8-19(24)9-7-16/h6-15H,1-3H3. The van der Waals surface area contributed by atoms with Gasteiger partial charge in [-0.25, -0.2) is 4.21 Å². The zero-order chi connectivity index (χ0) is 22.4. The van der Waals surface area contributed by atoms with Crippen molar-refractivity contribution < 1.29 is 18.5 Å². The first-order chi connectivity index (χ1) is 14.8. The van der Waals surface area contributed by atoms with Crippen molar-refractivity contribution in [2.45, 2.75) is 4.90 Å². The van der Waals surface area contributed by atoms with Crippen LogP contribution in [0.4, 0.5) is 0 Å². The molecule has 8 heteroatoms. The van der Waals surface area contributed by atoms with Gasteiger partial charge >= 0.3 is 0 Å². The zero-order valence-electron chi connectivity index (χ0n) is 17.1. The first kappa shape index (κ1) is 22.5. The van der Waals surface area contributed by atoms with E-state index in [0.29, 0.717) is 22.0 Å². The quantitative estimate of drug-likeness (QED) is 0.492. The molecule has 1 unspecified atom stereocenters. The fraction of sp³-hybridized carbons (Fsp3) is 0.130. The van der Waals surface area contributed by atoms with Crippen LogP contribution in [0.1, 0.15) is 21.5 Å². The number of ether oxygens (including phenoxy) is 2. The van der Waals surface area contributed by atoms with Crippen molar-refractivity contribution in [3.05, 3.63) is 82.1 Å². The van der Waals surface area contributed by atoms with E-state index in [1.165, 1.54) is 26.7 Å². The Bertz CT molecular complexity index is 1300. The van der Waals surface area contributed by atoms with E-state index in [2.05, 4.69) is 37.1 Å². The fourth-order valence-corrected chi connectivity index (χ4v) is 4.06. The molecule has 0 aliphatic carbocycles. The van der Waals surface area contributed by atoms with Gasteiger partial charge in [-0.15, -0.1) is 0 Å². The largest absolute Gasteiger partial charge is 0.493 e. The number of aromatic nitrogens is 1. The maximum atomic E-state index is 13.1. The topological polar surface area (TPSA) is 77.9 Å². The Morgan fingerprint density at radius 2 is 1.65 bits per heavy atom. The second-order valence-corrected chi connectivity index (χ2v) is 9.61. The number of hydrogen-bond acceptors (Lipinski definition) is 5. The molecule has 0 bridgehead atoms. The predicted octanol–water partition coefficient (Wildman–Crippen LogP) is 4.56. The highest BCUT2D eigenvalue weighted by Gasteiger charge is 2.15. The molecule has 3 aromatic rings. The van der Waals surface area contributed by atoms with Crippen LogP contribution in [0, 0.1) is 11.8 Å². The number of rotatable bonds is 4. The van der Waals surface area contributed by atoms with Crippen LogP contribution in [0.25, 0.3) is 0 Å². The van der Waals surface area contributed by atoms with Gasteiger partial charge in [0.05, 0.1) is 34.4 Å². The number of pyridine rings is 1. The molecule has 6 nitrogen and oxygen atoms in total. The number of carbonyl (C=O) groups is 1. The Morgan fingerprint density at radius 1 is 0.968 bits per heavy atom. The van der Waals surface area contributed by atoms with Gasteiger partial charge in [-0.2, -0.15) is 4.36 Å². The van der Waals surface area contributed by atoms with Gasteiger partial charge in [-0.3, -0.25) is 9.78 Å². The van der Waals surface area contributed by atoms with Gasteiger partial charge in [0.1, 0.15) is 0 Å². The molecule has 0 spiro atoms. The number of nitrogens with zero attached hydrogens (tertiary/aromatic N) is 2. The van der Waals surface area contributed by atoms with Crippen molar-refractivity contribution in [2.75, 3.05) is 20.5 Å². The summed E-state index contributed by atoms with van der Waals surface area (Å²) in [4.78, 5) is 17.1. The molecule has 1 heterocycles. The Labute approximate surface area is 189 Å². The van der Waals surface area contributed by atoms with Crippen LogP contribution in [0.5, 0.6) is 11.5 Å². The van der Waals surface area contributed by atoms with Gasteiger partial charge in [0.15, 0.2) is 11.5 Å². The van der Waals surface area contributed by atoms with Crippen molar-refractivity contribution in [2.24, 2.45) is 4.36 Å². The number of methoxy groups -OCH3 is 2. The smallest absolute Gasteiger partial charge is 0.286 e. The summed E-state index contributed by atoms with van der Waals surface area (Å²) in [6, 6.07) is 13.9. The van der Waals surface area contributed by atoms with Crippen LogP contribution in [0.2, 0.25) is 0 Å². The summed E-state index contributed by atoms with van der Waals surface area (Å²) >= 11 is 3.38. The third-order valence-electron chi connectivity index (χ3n) is 4.23. The number of halogens is 1. The van der Waals surface area contributed by atoms with Gasteiger partial charge in [0.2, 0.25) is 0 Å². The fourth-order valence-electron chi connectivity index (χ4n) is 2.62. The lowest BCUT2D eigenvalue weighted by molar-refractivity contribution is 0.100. The highest BCUT2D eigenvalue weighted by atomic mass is 79.9. The van der Waals surface area contributed by atoms with Gasteiger partial charge in [-0.1, -0.05) is 27.8 Å². The minimum atomic E-state index is -3.02. The maximum absolute atomic E-state index is 13.1. The molecule has 0 N–H and O–H groups in total. The van der Waals surface area contributed by atoms with Crippen molar-refractivity contribution in [1.29, 1.82) is 0 Å². The molecule has 1 aromatic heterocycles. The SMILES string of the molecule is COc1ccc(S(C)(=O)=NC(=O)c2cncc(C#Cc3ccc(Br)cc3)c2)cc1OC. The second kappa shape index (κ2) is 9.77. The molecule has 0 radical (unpaired) electrons. The summed E-state index contributed by atoms with van der Waals surface area (Å²) in [5, 5.41) is 0. The molecular weight excluding hydrogens is 480 g/mol. The van der Waals surface area contributed by atoms with Crippen LogP contribution in [-0.2, 0) is 9.73 Å². The monoisotopic (exact) mass is 498 g/mol. The van der Waals surface area contributed by atoms with E-state index in [0.717, 1.165) is 10.0 Å². The van der Waals surface area contributed by atoms with Crippen molar-refractivity contribution in [3.63, 3.8) is 0 Å². The molecule has 0 aliphatic rings. The summed E-state index contributed by atoms with van der Waals surface area (Å²) in [6.45, 7) is 0. The molecule has 1 amide bonds. The van der Waals surface area contributed by atoms with E-state index in [1.807, 2.05) is 24.3 Å². The molecule has 3 rings (SSSR count). The van der Waals surface area contributed by atoms with Crippen LogP contribution in [-0.4, -0.2) is 35.6 Å². The molecule has 1 atom stereocenters. The zero-order valence-corrected chi connectivity index (χ0v) is 19.5. The molecule has 31 heavy (non-hydrogen) atoms. The van der Waals surface area contributed by atoms with E-state index >= 15 is 0 Å². The van der Waals surface area contributed by atoms with E-state index in [-0.39, 0.29) is 5.56 Å². The van der Waals surface area contributed by atoms with Crippen LogP contribution < -0.4 is 9.47 Å². The average Bonchev–Trinajstić information content (AvgIpc) is 2.78. The molecule has 158 valence electrons. The highest BCUT2D eigenvalue weighted by molar-refractivity contribution is 9.10. The predicted molar refractivity (Wildman–Crippen MR) is 123 cm³/mol. The molecule has 0 saturated heterocycles. The van der Waals surface area contributed by atoms with Gasteiger partial charge in [0, 0.05) is 40.3 Å². The summed E-state index contributed by atoms with van der Waals surface area (Å²) in [6.07, 6.45) is 4.33. The van der Waals surface area contributed by atoms with Crippen molar-refractivity contribution in [1.82, 2.24) is 4.98 Å². The third-order valence-corrected chi connectivity index (χ3v) is 6.40. The second-order valence-electron chi connectivity index (χ2n) is 6.43. The Morgan fingerprint density at radius 3 is 2.32 bits per heavy atom. The first-order valence-corrected chi connectivity index (χ1v) is 11.7. The summed E-state index contributed by atoms with van der Waals surface area (Å²) in [5.41, 5.74) is 1.59. The molecule has 0 aliphatic heterocycles. The van der Waals surface area contributed by atoms with E-state index < -0.39 is 15.6 Å². The number of hydrogen-bond donors (Lipinski definition) is 0. The van der Waals surface area contributed by atoms with Crippen LogP contribution in [0.3, 0.4) is 0 Å². The van der Waals surface area contributed by atoms with E-state index in [4.69, 9.17) is 9.47 Å². The maximum Gasteiger partial charge on any atom is 0.286 e. The lowest BCUT2D eigenvalue weighted by Crippen LogP contribution is -2.05. The van der Waals surface area contributed by atoms with E-state index in [9.17, 15) is 9.00 Å². The van der Waals surface area contributed by atoms with Crippen LogP contribution >= 0.6 is 15.9 Å². The Hall–Kier alpha value is -3.15. The molecular formula is C23H19BrN2O4S. The Kier molecular flexibility index (Phi) is 7.10. The van der Waals surface area contributed by atoms with Crippen molar-refractivity contribution >= 4 is 31.6 Å². The number of amides is 1. The summed E-state index contributed by atoms with van der Waals surface area (Å²) < 4.78 is 28.5. The Balaban J connectivity index is 1.89. The lowest BCUT2D eigenvalue weighted by Gasteiger charge is -2.10. The summed E-state index contributed by atoms with van der Waals surface area (Å²) in [5.74, 6) is 6.26. The molecule has 0 saturated carbocycles.